The number of nitrogens with zero attached hydrogens (tertiary/aromatic N) is 1. The Balaban J connectivity index is 2.35. The van der Waals surface area contributed by atoms with E-state index in [9.17, 15) is 0 Å². The lowest BCUT2D eigenvalue weighted by Crippen LogP contribution is -1.97. The summed E-state index contributed by atoms with van der Waals surface area (Å²) in [4.78, 5) is 4.46. The molecule has 2 heteroatoms. The van der Waals surface area contributed by atoms with E-state index in [1.54, 1.807) is 7.11 Å². The predicted molar refractivity (Wildman–Crippen MR) is 109 cm³/mol. The normalized spacial score (nSPS) is 27.4. The monoisotopic (exact) mass is 333 g/mol. The molecule has 0 radical (unpaired) electrons. The van der Waals surface area contributed by atoms with Crippen LogP contribution in [0, 0.1) is 0 Å². The third-order valence-electron chi connectivity index (χ3n) is 4.23. The number of hydrogen-bond acceptors (Lipinski definition) is 2. The number of aliphatic imine (C=N–C) groups is 1. The average molecular weight is 333 g/mol. The first-order chi connectivity index (χ1) is 12.1. The van der Waals surface area contributed by atoms with Crippen molar-refractivity contribution in [2.24, 2.45) is 4.99 Å². The first kappa shape index (κ1) is 18.7. The Morgan fingerprint density at radius 3 is 2.72 bits per heavy atom. The van der Waals surface area contributed by atoms with Gasteiger partial charge in [-0.15, -0.1) is 0 Å². The molecule has 0 atom stereocenters. The molecule has 0 saturated carbocycles. The highest BCUT2D eigenvalue weighted by Crippen LogP contribution is 2.29. The van der Waals surface area contributed by atoms with E-state index >= 15 is 0 Å². The molecule has 0 N–H and O–H groups in total. The highest BCUT2D eigenvalue weighted by molar-refractivity contribution is 5.84. The van der Waals surface area contributed by atoms with Crippen LogP contribution in [0.2, 0.25) is 0 Å². The van der Waals surface area contributed by atoms with E-state index in [-0.39, 0.29) is 0 Å². The zero-order valence-electron chi connectivity index (χ0n) is 15.5. The Hall–Kier alpha value is -2.61. The maximum atomic E-state index is 5.32. The molecule has 1 aliphatic carbocycles. The van der Waals surface area contributed by atoms with E-state index in [0.29, 0.717) is 0 Å². The summed E-state index contributed by atoms with van der Waals surface area (Å²) in [5, 5.41) is 0. The molecule has 2 rings (SSSR count). The number of methoxy groups -OCH3 is 1. The van der Waals surface area contributed by atoms with Crippen molar-refractivity contribution in [1.29, 1.82) is 0 Å². The van der Waals surface area contributed by atoms with Crippen molar-refractivity contribution in [2.45, 2.75) is 33.1 Å². The Kier molecular flexibility index (Phi) is 7.21. The quantitative estimate of drug-likeness (QED) is 0.606. The van der Waals surface area contributed by atoms with Crippen molar-refractivity contribution >= 4 is 5.71 Å². The molecule has 0 amide bonds. The highest BCUT2D eigenvalue weighted by atomic mass is 16.5. The fourth-order valence-electron chi connectivity index (χ4n) is 2.70. The summed E-state index contributed by atoms with van der Waals surface area (Å²) in [6, 6.07) is 0. The fraction of sp³-hybridized carbons (Fsp3) is 0.261. The lowest BCUT2D eigenvalue weighted by molar-refractivity contribution is 0.307. The van der Waals surface area contributed by atoms with Gasteiger partial charge in [0.05, 0.1) is 7.11 Å². The molecule has 0 aromatic heterocycles. The molecule has 1 heterocycles. The highest BCUT2D eigenvalue weighted by Gasteiger charge is 2.11. The van der Waals surface area contributed by atoms with Crippen LogP contribution >= 0.6 is 0 Å². The zero-order valence-corrected chi connectivity index (χ0v) is 15.5. The maximum absolute atomic E-state index is 5.32. The third kappa shape index (κ3) is 5.75. The number of rotatable bonds is 3. The molecule has 0 bridgehead atoms. The van der Waals surface area contributed by atoms with Gasteiger partial charge in [-0.3, -0.25) is 4.99 Å². The van der Waals surface area contributed by atoms with Crippen molar-refractivity contribution in [1.82, 2.24) is 0 Å². The van der Waals surface area contributed by atoms with Crippen molar-refractivity contribution < 1.29 is 4.74 Å². The van der Waals surface area contributed by atoms with Gasteiger partial charge in [0.1, 0.15) is 5.76 Å². The minimum atomic E-state index is 0.815. The third-order valence-corrected chi connectivity index (χ3v) is 4.23. The standard InChI is InChI=1S/C23H27NO/c1-18-10-7-5-6-8-17-24-19(2)13-16-23(18)20(3)21-11-9-12-22(25-4)15-14-21/h5-6,8-10,12,14-17H,3,7,11,13H2,1-2,4H3/b6-5-,17-8+,18-10+,23-16+,24-19-. The number of ether oxygens (including phenoxy) is 1. The topological polar surface area (TPSA) is 21.6 Å². The molecule has 0 saturated heterocycles. The van der Waals surface area contributed by atoms with Gasteiger partial charge in [-0.25, -0.2) is 0 Å². The summed E-state index contributed by atoms with van der Waals surface area (Å²) in [5.41, 5.74) is 5.80. The van der Waals surface area contributed by atoms with Crippen LogP contribution in [0.3, 0.4) is 0 Å². The second-order valence-electron chi connectivity index (χ2n) is 6.13. The minimum Gasteiger partial charge on any atom is -0.497 e. The lowest BCUT2D eigenvalue weighted by Gasteiger charge is -2.15. The first-order valence-electron chi connectivity index (χ1n) is 8.65. The van der Waals surface area contributed by atoms with Crippen LogP contribution in [0.1, 0.15) is 33.1 Å². The van der Waals surface area contributed by atoms with Gasteiger partial charge in [0, 0.05) is 18.3 Å². The molecule has 25 heavy (non-hydrogen) atoms. The molecule has 2 aliphatic rings. The molecule has 0 aromatic rings. The van der Waals surface area contributed by atoms with Gasteiger partial charge in [-0.05, 0) is 67.2 Å². The van der Waals surface area contributed by atoms with Gasteiger partial charge in [-0.1, -0.05) is 43.0 Å². The minimum absolute atomic E-state index is 0.815. The van der Waals surface area contributed by atoms with Gasteiger partial charge < -0.3 is 4.74 Å². The van der Waals surface area contributed by atoms with Gasteiger partial charge >= 0.3 is 0 Å². The van der Waals surface area contributed by atoms with E-state index in [4.69, 9.17) is 4.74 Å². The smallest absolute Gasteiger partial charge is 0.118 e. The molecular formula is C23H27NO. The zero-order chi connectivity index (χ0) is 18.1. The molecule has 0 aromatic carbocycles. The first-order valence-corrected chi connectivity index (χ1v) is 8.65. The number of hydrogen-bond donors (Lipinski definition) is 0. The molecule has 0 spiro atoms. The van der Waals surface area contributed by atoms with E-state index in [1.165, 1.54) is 16.7 Å². The van der Waals surface area contributed by atoms with Crippen LogP contribution in [-0.2, 0) is 4.74 Å². The van der Waals surface area contributed by atoms with Crippen LogP contribution in [0.15, 0.2) is 101 Å². The summed E-state index contributed by atoms with van der Waals surface area (Å²) in [6.07, 6.45) is 23.3. The molecule has 130 valence electrons. The number of allylic oxidation sites excluding steroid dienone is 13. The molecule has 0 fully saturated rings. The van der Waals surface area contributed by atoms with Crippen molar-refractivity contribution in [3.63, 3.8) is 0 Å². The molecule has 0 unspecified atom stereocenters. The van der Waals surface area contributed by atoms with E-state index in [0.717, 1.165) is 36.3 Å². The predicted octanol–water partition coefficient (Wildman–Crippen LogP) is 6.16. The van der Waals surface area contributed by atoms with Crippen LogP contribution < -0.4 is 0 Å². The second kappa shape index (κ2) is 9.63. The SMILES string of the molecule is C=C(C1=CC=C(OC)C=CC1)C1=C/C\C(C)=N/C=C/C=C\C\C=C\1C. The summed E-state index contributed by atoms with van der Waals surface area (Å²) in [7, 11) is 1.69. The van der Waals surface area contributed by atoms with E-state index in [2.05, 4.69) is 55.8 Å². The van der Waals surface area contributed by atoms with Gasteiger partial charge in [-0.2, -0.15) is 0 Å². The van der Waals surface area contributed by atoms with Crippen LogP contribution in [0.5, 0.6) is 0 Å². The lowest BCUT2D eigenvalue weighted by atomic mass is 9.90. The summed E-state index contributed by atoms with van der Waals surface area (Å²) >= 11 is 0. The van der Waals surface area contributed by atoms with E-state index in [1.807, 2.05) is 30.5 Å². The Morgan fingerprint density at radius 1 is 1.08 bits per heavy atom. The van der Waals surface area contributed by atoms with Gasteiger partial charge in [0.25, 0.3) is 0 Å². The average Bonchev–Trinajstić information content (AvgIpc) is 2.85. The largest absolute Gasteiger partial charge is 0.497 e. The van der Waals surface area contributed by atoms with E-state index < -0.39 is 0 Å². The Morgan fingerprint density at radius 2 is 1.92 bits per heavy atom. The fourth-order valence-corrected chi connectivity index (χ4v) is 2.70. The summed E-state index contributed by atoms with van der Waals surface area (Å²) in [5.74, 6) is 0.864. The van der Waals surface area contributed by atoms with Crippen LogP contribution in [-0.4, -0.2) is 12.8 Å². The van der Waals surface area contributed by atoms with Gasteiger partial charge in [0.2, 0.25) is 0 Å². The molecule has 2 nitrogen and oxygen atoms in total. The van der Waals surface area contributed by atoms with Crippen LogP contribution in [0.4, 0.5) is 0 Å². The van der Waals surface area contributed by atoms with Gasteiger partial charge in [0.15, 0.2) is 0 Å². The molecule has 1 aliphatic heterocycles. The maximum Gasteiger partial charge on any atom is 0.118 e. The summed E-state index contributed by atoms with van der Waals surface area (Å²) < 4.78 is 5.32. The van der Waals surface area contributed by atoms with Crippen molar-refractivity contribution in [3.05, 3.63) is 95.5 Å². The van der Waals surface area contributed by atoms with Crippen molar-refractivity contribution in [2.75, 3.05) is 7.11 Å². The van der Waals surface area contributed by atoms with Crippen molar-refractivity contribution in [3.8, 4) is 0 Å². The molecular weight excluding hydrogens is 306 g/mol. The Bertz CT molecular complexity index is 749. The second-order valence-corrected chi connectivity index (χ2v) is 6.13. The summed E-state index contributed by atoms with van der Waals surface area (Å²) in [6.45, 7) is 8.59. The van der Waals surface area contributed by atoms with Crippen LogP contribution in [0.25, 0.3) is 0 Å². The Labute approximate surface area is 151 Å².